The van der Waals surface area contributed by atoms with E-state index in [1.165, 1.54) is 0 Å². The molecule has 8 heteroatoms. The van der Waals surface area contributed by atoms with Gasteiger partial charge >= 0.3 is 6.18 Å². The Labute approximate surface area is 141 Å². The molecular formula is C16H23F3N2O2Si. The maximum absolute atomic E-state index is 13.1. The highest BCUT2D eigenvalue weighted by molar-refractivity contribution is 6.74. The number of nitrogens with zero attached hydrogens (tertiary/aromatic N) is 1. The lowest BCUT2D eigenvalue weighted by Gasteiger charge is -2.36. The SMILES string of the molecule is CC(C)(C)[Si](C)(C)OCCOc1c(C(F)(F)F)ccc(N)c1C#N. The molecule has 0 radical (unpaired) electrons. The van der Waals surface area contributed by atoms with Crippen LogP contribution in [0.3, 0.4) is 0 Å². The molecule has 0 aliphatic heterocycles. The van der Waals surface area contributed by atoms with Gasteiger partial charge in [0.25, 0.3) is 0 Å². The molecule has 134 valence electrons. The van der Waals surface area contributed by atoms with Crippen molar-refractivity contribution < 1.29 is 22.3 Å². The van der Waals surface area contributed by atoms with Crippen molar-refractivity contribution in [3.63, 3.8) is 0 Å². The van der Waals surface area contributed by atoms with Crippen LogP contribution in [0.4, 0.5) is 18.9 Å². The molecular weight excluding hydrogens is 337 g/mol. The predicted molar refractivity (Wildman–Crippen MR) is 89.2 cm³/mol. The second-order valence-corrected chi connectivity index (χ2v) is 11.8. The summed E-state index contributed by atoms with van der Waals surface area (Å²) in [5.74, 6) is -0.538. The Hall–Kier alpha value is -1.72. The number of alkyl halides is 3. The topological polar surface area (TPSA) is 68.3 Å². The zero-order valence-electron chi connectivity index (χ0n) is 14.5. The molecule has 0 saturated heterocycles. The summed E-state index contributed by atoms with van der Waals surface area (Å²) < 4.78 is 50.4. The van der Waals surface area contributed by atoms with Crippen molar-refractivity contribution in [1.82, 2.24) is 0 Å². The van der Waals surface area contributed by atoms with Gasteiger partial charge in [0, 0.05) is 0 Å². The van der Waals surface area contributed by atoms with E-state index in [9.17, 15) is 13.2 Å². The van der Waals surface area contributed by atoms with E-state index in [0.29, 0.717) is 0 Å². The zero-order valence-corrected chi connectivity index (χ0v) is 15.5. The van der Waals surface area contributed by atoms with Gasteiger partial charge in [-0.05, 0) is 30.3 Å². The fourth-order valence-electron chi connectivity index (χ4n) is 1.74. The number of hydrogen-bond donors (Lipinski definition) is 1. The van der Waals surface area contributed by atoms with E-state index in [4.69, 9.17) is 20.2 Å². The van der Waals surface area contributed by atoms with Gasteiger partial charge in [-0.2, -0.15) is 18.4 Å². The summed E-state index contributed by atoms with van der Waals surface area (Å²) in [6.45, 7) is 10.3. The summed E-state index contributed by atoms with van der Waals surface area (Å²) in [7, 11) is -2.02. The zero-order chi connectivity index (χ0) is 18.8. The van der Waals surface area contributed by atoms with Crippen LogP contribution in [-0.2, 0) is 10.6 Å². The number of hydrogen-bond acceptors (Lipinski definition) is 4. The molecule has 0 heterocycles. The Balaban J connectivity index is 2.93. The first kappa shape index (κ1) is 20.3. The Kier molecular flexibility index (Phi) is 5.95. The summed E-state index contributed by atoms with van der Waals surface area (Å²) in [5, 5.41) is 9.07. The summed E-state index contributed by atoms with van der Waals surface area (Å²) >= 11 is 0. The van der Waals surface area contributed by atoms with Crippen molar-refractivity contribution >= 4 is 14.0 Å². The van der Waals surface area contributed by atoms with Crippen LogP contribution in [0.2, 0.25) is 18.1 Å². The van der Waals surface area contributed by atoms with E-state index >= 15 is 0 Å². The van der Waals surface area contributed by atoms with Gasteiger partial charge in [-0.15, -0.1) is 0 Å². The van der Waals surface area contributed by atoms with Crippen LogP contribution in [-0.4, -0.2) is 21.5 Å². The van der Waals surface area contributed by atoms with E-state index in [2.05, 4.69) is 20.8 Å². The highest BCUT2D eigenvalue weighted by Crippen LogP contribution is 2.40. The highest BCUT2D eigenvalue weighted by atomic mass is 28.4. The molecule has 24 heavy (non-hydrogen) atoms. The van der Waals surface area contributed by atoms with Gasteiger partial charge in [0.05, 0.1) is 17.9 Å². The van der Waals surface area contributed by atoms with Gasteiger partial charge in [0.2, 0.25) is 0 Å². The van der Waals surface area contributed by atoms with E-state index in [-0.39, 0.29) is 29.5 Å². The smallest absolute Gasteiger partial charge is 0.420 e. The molecule has 0 spiro atoms. The van der Waals surface area contributed by atoms with Gasteiger partial charge < -0.3 is 14.9 Å². The molecule has 0 fully saturated rings. The number of nitrogens with two attached hydrogens (primary N) is 1. The van der Waals surface area contributed by atoms with Crippen molar-refractivity contribution in [1.29, 1.82) is 5.26 Å². The van der Waals surface area contributed by atoms with Crippen LogP contribution in [0.5, 0.6) is 5.75 Å². The quantitative estimate of drug-likeness (QED) is 0.475. The molecule has 0 aliphatic rings. The second-order valence-electron chi connectivity index (χ2n) is 6.97. The van der Waals surface area contributed by atoms with Crippen LogP contribution < -0.4 is 10.5 Å². The fourth-order valence-corrected chi connectivity index (χ4v) is 2.77. The average Bonchev–Trinajstić information content (AvgIpc) is 2.41. The third-order valence-corrected chi connectivity index (χ3v) is 8.74. The highest BCUT2D eigenvalue weighted by Gasteiger charge is 2.38. The van der Waals surface area contributed by atoms with Crippen molar-refractivity contribution in [2.75, 3.05) is 18.9 Å². The number of anilines is 1. The largest absolute Gasteiger partial charge is 0.489 e. The van der Waals surface area contributed by atoms with E-state index in [0.717, 1.165) is 12.1 Å². The monoisotopic (exact) mass is 360 g/mol. The lowest BCUT2D eigenvalue weighted by Crippen LogP contribution is -2.41. The van der Waals surface area contributed by atoms with Gasteiger partial charge in [0.1, 0.15) is 18.2 Å². The number of ether oxygens (including phenoxy) is 1. The molecule has 1 aromatic carbocycles. The summed E-state index contributed by atoms with van der Waals surface area (Å²) in [6, 6.07) is 3.55. The Bertz CT molecular complexity index is 632. The average molecular weight is 360 g/mol. The van der Waals surface area contributed by atoms with Crippen LogP contribution in [0.1, 0.15) is 31.9 Å². The number of benzene rings is 1. The molecule has 0 atom stereocenters. The molecule has 1 aromatic rings. The molecule has 0 aliphatic carbocycles. The lowest BCUT2D eigenvalue weighted by atomic mass is 10.1. The van der Waals surface area contributed by atoms with E-state index in [1.54, 1.807) is 6.07 Å². The number of rotatable bonds is 5. The summed E-state index contributed by atoms with van der Waals surface area (Å²) in [6.07, 6.45) is -4.63. The Morgan fingerprint density at radius 2 is 1.75 bits per heavy atom. The van der Waals surface area contributed by atoms with Crippen LogP contribution >= 0.6 is 0 Å². The molecule has 0 amide bonds. The second kappa shape index (κ2) is 7.03. The lowest BCUT2D eigenvalue weighted by molar-refractivity contribution is -0.139. The minimum atomic E-state index is -4.63. The maximum Gasteiger partial charge on any atom is 0.420 e. The van der Waals surface area contributed by atoms with E-state index in [1.807, 2.05) is 13.1 Å². The molecule has 4 nitrogen and oxygen atoms in total. The van der Waals surface area contributed by atoms with Crippen molar-refractivity contribution in [3.8, 4) is 11.8 Å². The molecule has 0 aromatic heterocycles. The molecule has 0 saturated carbocycles. The van der Waals surface area contributed by atoms with E-state index < -0.39 is 25.8 Å². The fraction of sp³-hybridized carbons (Fsp3) is 0.562. The molecule has 2 N–H and O–H groups in total. The van der Waals surface area contributed by atoms with Crippen LogP contribution in [0, 0.1) is 11.3 Å². The number of nitrogen functional groups attached to an aromatic ring is 1. The predicted octanol–water partition coefficient (Wildman–Crippen LogP) is 4.56. The van der Waals surface area contributed by atoms with Crippen molar-refractivity contribution in [3.05, 3.63) is 23.3 Å². The third-order valence-electron chi connectivity index (χ3n) is 4.21. The van der Waals surface area contributed by atoms with Crippen LogP contribution in [0.15, 0.2) is 12.1 Å². The van der Waals surface area contributed by atoms with Crippen molar-refractivity contribution in [2.45, 2.75) is 45.1 Å². The standard InChI is InChI=1S/C16H23F3N2O2Si/c1-15(2,3)24(4,5)23-9-8-22-14-11(10-20)13(21)7-6-12(14)16(17,18)19/h6-7H,8-9,21H2,1-5H3. The maximum atomic E-state index is 13.1. The minimum Gasteiger partial charge on any atom is -0.489 e. The number of nitriles is 1. The first-order chi connectivity index (χ1) is 10.8. The summed E-state index contributed by atoms with van der Waals surface area (Å²) in [4.78, 5) is 0. The molecule has 1 rings (SSSR count). The third kappa shape index (κ3) is 4.64. The van der Waals surface area contributed by atoms with Gasteiger partial charge in [-0.3, -0.25) is 0 Å². The minimum absolute atomic E-state index is 0.0148. The van der Waals surface area contributed by atoms with Gasteiger partial charge in [-0.25, -0.2) is 0 Å². The Morgan fingerprint density at radius 3 is 2.21 bits per heavy atom. The number of halogens is 3. The van der Waals surface area contributed by atoms with Gasteiger partial charge in [-0.1, -0.05) is 20.8 Å². The Morgan fingerprint density at radius 1 is 1.17 bits per heavy atom. The molecule has 0 bridgehead atoms. The van der Waals surface area contributed by atoms with Crippen LogP contribution in [0.25, 0.3) is 0 Å². The molecule has 0 unspecified atom stereocenters. The first-order valence-electron chi connectivity index (χ1n) is 7.48. The van der Waals surface area contributed by atoms with Crippen molar-refractivity contribution in [2.24, 2.45) is 0 Å². The first-order valence-corrected chi connectivity index (χ1v) is 10.4. The van der Waals surface area contributed by atoms with Gasteiger partial charge in [0.15, 0.2) is 14.1 Å². The normalized spacial score (nSPS) is 12.8. The summed E-state index contributed by atoms with van der Waals surface area (Å²) in [5.41, 5.74) is 4.21.